The molecule has 0 unspecified atom stereocenters. The summed E-state index contributed by atoms with van der Waals surface area (Å²) in [6, 6.07) is 15.4. The van der Waals surface area contributed by atoms with Gasteiger partial charge in [-0.2, -0.15) is 13.2 Å². The lowest BCUT2D eigenvalue weighted by atomic mass is 10.1. The molecule has 1 amide bonds. The Morgan fingerprint density at radius 1 is 1.03 bits per heavy atom. The normalized spacial score (nSPS) is 11.5. The van der Waals surface area contributed by atoms with Crippen molar-refractivity contribution in [2.75, 3.05) is 0 Å². The first kappa shape index (κ1) is 25.7. The maximum atomic E-state index is 13.2. The summed E-state index contributed by atoms with van der Waals surface area (Å²) < 4.78 is 53.4. The second-order valence-corrected chi connectivity index (χ2v) is 9.22. The van der Waals surface area contributed by atoms with Crippen LogP contribution in [-0.4, -0.2) is 20.7 Å². The number of hydrogen-bond acceptors (Lipinski definition) is 4. The zero-order valence-electron chi connectivity index (χ0n) is 18.8. The van der Waals surface area contributed by atoms with E-state index < -0.39 is 17.6 Å². The van der Waals surface area contributed by atoms with Gasteiger partial charge >= 0.3 is 6.18 Å². The van der Waals surface area contributed by atoms with E-state index in [1.165, 1.54) is 23.9 Å². The minimum absolute atomic E-state index is 0.0318. The average molecular weight is 535 g/mol. The van der Waals surface area contributed by atoms with Crippen molar-refractivity contribution in [1.29, 1.82) is 0 Å². The molecule has 0 aliphatic heterocycles. The van der Waals surface area contributed by atoms with E-state index in [0.29, 0.717) is 27.4 Å². The number of nitrogens with one attached hydrogen (secondary N) is 1. The van der Waals surface area contributed by atoms with Crippen LogP contribution in [0.25, 0.3) is 5.69 Å². The number of carbonyl (C=O) groups is 1. The summed E-state index contributed by atoms with van der Waals surface area (Å²) in [4.78, 5) is 12.6. The monoisotopic (exact) mass is 534 g/mol. The number of benzene rings is 3. The summed E-state index contributed by atoms with van der Waals surface area (Å²) >= 11 is 7.61. The summed E-state index contributed by atoms with van der Waals surface area (Å²) in [5.41, 5.74) is 1.74. The van der Waals surface area contributed by atoms with Crippen LogP contribution in [0.5, 0.6) is 0 Å². The highest BCUT2D eigenvalue weighted by molar-refractivity contribution is 7.98. The first-order valence-corrected chi connectivity index (χ1v) is 12.0. The molecule has 0 bridgehead atoms. The van der Waals surface area contributed by atoms with Gasteiger partial charge in [0, 0.05) is 16.3 Å². The van der Waals surface area contributed by atoms with Crippen LogP contribution in [0.3, 0.4) is 0 Å². The number of halogens is 5. The highest BCUT2D eigenvalue weighted by Crippen LogP contribution is 2.30. The molecule has 0 aliphatic carbocycles. The first-order valence-electron chi connectivity index (χ1n) is 10.7. The van der Waals surface area contributed by atoms with E-state index in [-0.39, 0.29) is 17.9 Å². The Morgan fingerprint density at radius 2 is 1.72 bits per heavy atom. The number of amides is 1. The second kappa shape index (κ2) is 10.7. The van der Waals surface area contributed by atoms with Gasteiger partial charge in [0.15, 0.2) is 11.0 Å². The zero-order chi connectivity index (χ0) is 25.9. The molecule has 1 aromatic heterocycles. The van der Waals surface area contributed by atoms with Crippen LogP contribution in [0.4, 0.5) is 17.6 Å². The van der Waals surface area contributed by atoms with Crippen LogP contribution in [0, 0.1) is 12.7 Å². The number of aryl methyl sites for hydroxylation is 1. The summed E-state index contributed by atoms with van der Waals surface area (Å²) in [7, 11) is 0. The van der Waals surface area contributed by atoms with Gasteiger partial charge < -0.3 is 5.32 Å². The van der Waals surface area contributed by atoms with Gasteiger partial charge in [0.25, 0.3) is 5.91 Å². The highest BCUT2D eigenvalue weighted by Gasteiger charge is 2.30. The third-order valence-corrected chi connectivity index (χ3v) is 6.51. The molecule has 5 nitrogen and oxygen atoms in total. The third-order valence-electron chi connectivity index (χ3n) is 5.28. The molecule has 11 heteroatoms. The molecule has 1 heterocycles. The lowest BCUT2D eigenvalue weighted by molar-refractivity contribution is -0.137. The van der Waals surface area contributed by atoms with Crippen molar-refractivity contribution in [2.45, 2.75) is 30.6 Å². The Hall–Kier alpha value is -3.37. The predicted molar refractivity (Wildman–Crippen MR) is 130 cm³/mol. The maximum Gasteiger partial charge on any atom is 0.416 e. The molecule has 0 aliphatic rings. The van der Waals surface area contributed by atoms with Crippen molar-refractivity contribution in [2.24, 2.45) is 0 Å². The number of nitrogens with zero attached hydrogens (tertiary/aromatic N) is 3. The minimum Gasteiger partial charge on any atom is -0.345 e. The van der Waals surface area contributed by atoms with Crippen molar-refractivity contribution >= 4 is 29.3 Å². The van der Waals surface area contributed by atoms with E-state index >= 15 is 0 Å². The zero-order valence-corrected chi connectivity index (χ0v) is 20.4. The molecule has 0 radical (unpaired) electrons. The Labute approximate surface area is 213 Å². The molecule has 186 valence electrons. The number of hydrogen-bond donors (Lipinski definition) is 1. The van der Waals surface area contributed by atoms with Gasteiger partial charge in [-0.15, -0.1) is 10.2 Å². The Balaban J connectivity index is 1.57. The SMILES string of the molecule is Cc1ccc(Cl)cc1-n1c(CNC(=O)c2ccc(C(F)(F)F)cc2)nnc1SCc1ccc(F)cc1. The van der Waals surface area contributed by atoms with E-state index in [9.17, 15) is 22.4 Å². The topological polar surface area (TPSA) is 59.8 Å². The molecule has 1 N–H and O–H groups in total. The lowest BCUT2D eigenvalue weighted by Crippen LogP contribution is -2.25. The van der Waals surface area contributed by atoms with Gasteiger partial charge in [-0.25, -0.2) is 4.39 Å². The van der Waals surface area contributed by atoms with E-state index in [1.807, 2.05) is 13.0 Å². The van der Waals surface area contributed by atoms with E-state index in [1.54, 1.807) is 28.8 Å². The summed E-state index contributed by atoms with van der Waals surface area (Å²) in [5, 5.41) is 12.2. The molecule has 4 aromatic rings. The molecule has 0 saturated carbocycles. The number of rotatable bonds is 7. The molecule has 0 saturated heterocycles. The standard InChI is InChI=1S/C25H19ClF4N4OS/c1-15-2-9-19(26)12-21(15)34-22(32-33-24(34)36-14-16-3-10-20(27)11-4-16)13-31-23(35)17-5-7-18(8-6-17)25(28,29)30/h2-12H,13-14H2,1H3,(H,31,35). The van der Waals surface area contributed by atoms with Crippen LogP contribution in [-0.2, 0) is 18.5 Å². The largest absolute Gasteiger partial charge is 0.416 e. The predicted octanol–water partition coefficient (Wildman–Crippen LogP) is 6.61. The molecule has 36 heavy (non-hydrogen) atoms. The van der Waals surface area contributed by atoms with Gasteiger partial charge in [-0.3, -0.25) is 9.36 Å². The lowest BCUT2D eigenvalue weighted by Gasteiger charge is -2.14. The van der Waals surface area contributed by atoms with E-state index in [2.05, 4.69) is 15.5 Å². The Morgan fingerprint density at radius 3 is 2.39 bits per heavy atom. The molecule has 0 atom stereocenters. The fourth-order valence-electron chi connectivity index (χ4n) is 3.37. The minimum atomic E-state index is -4.48. The third kappa shape index (κ3) is 6.06. The van der Waals surface area contributed by atoms with Crippen molar-refractivity contribution in [3.05, 3.63) is 106 Å². The first-order chi connectivity index (χ1) is 17.1. The van der Waals surface area contributed by atoms with Crippen LogP contribution in [0.15, 0.2) is 71.9 Å². The Bertz CT molecular complexity index is 1370. The summed E-state index contributed by atoms with van der Waals surface area (Å²) in [6.45, 7) is 1.86. The highest BCUT2D eigenvalue weighted by atomic mass is 35.5. The molecule has 3 aromatic carbocycles. The fraction of sp³-hybridized carbons (Fsp3) is 0.160. The second-order valence-electron chi connectivity index (χ2n) is 7.84. The van der Waals surface area contributed by atoms with Crippen LogP contribution < -0.4 is 5.32 Å². The smallest absolute Gasteiger partial charge is 0.345 e. The summed E-state index contributed by atoms with van der Waals surface area (Å²) in [5.74, 6) is 0.0204. The van der Waals surface area contributed by atoms with Crippen molar-refractivity contribution in [3.63, 3.8) is 0 Å². The van der Waals surface area contributed by atoms with Gasteiger partial charge in [-0.05, 0) is 66.6 Å². The van der Waals surface area contributed by atoms with Crippen molar-refractivity contribution in [1.82, 2.24) is 20.1 Å². The number of aromatic nitrogens is 3. The van der Waals surface area contributed by atoms with Crippen molar-refractivity contribution in [3.8, 4) is 5.69 Å². The quantitative estimate of drug-likeness (QED) is 0.214. The van der Waals surface area contributed by atoms with E-state index in [4.69, 9.17) is 11.6 Å². The van der Waals surface area contributed by atoms with Gasteiger partial charge in [0.2, 0.25) is 0 Å². The molecule has 0 fully saturated rings. The van der Waals surface area contributed by atoms with Gasteiger partial charge in [0.1, 0.15) is 5.82 Å². The average Bonchev–Trinajstić information content (AvgIpc) is 3.25. The molecule has 0 spiro atoms. The number of carbonyl (C=O) groups excluding carboxylic acids is 1. The maximum absolute atomic E-state index is 13.2. The van der Waals surface area contributed by atoms with Crippen molar-refractivity contribution < 1.29 is 22.4 Å². The molecular formula is C25H19ClF4N4OS. The number of thioether (sulfide) groups is 1. The van der Waals surface area contributed by atoms with Crippen LogP contribution in [0.2, 0.25) is 5.02 Å². The van der Waals surface area contributed by atoms with Crippen LogP contribution in [0.1, 0.15) is 32.9 Å². The van der Waals surface area contributed by atoms with Crippen LogP contribution >= 0.6 is 23.4 Å². The number of alkyl halides is 3. The van der Waals surface area contributed by atoms with Gasteiger partial charge in [0.05, 0.1) is 17.8 Å². The summed E-state index contributed by atoms with van der Waals surface area (Å²) in [6.07, 6.45) is -4.48. The van der Waals surface area contributed by atoms with E-state index in [0.717, 1.165) is 35.4 Å². The fourth-order valence-corrected chi connectivity index (χ4v) is 4.46. The Kier molecular flexibility index (Phi) is 7.65. The molecular weight excluding hydrogens is 516 g/mol. The van der Waals surface area contributed by atoms with Gasteiger partial charge in [-0.1, -0.05) is 41.6 Å². The molecule has 4 rings (SSSR count).